The number of hydrogen-bond acceptors (Lipinski definition) is 4. The zero-order valence-electron chi connectivity index (χ0n) is 8.53. The lowest BCUT2D eigenvalue weighted by Crippen LogP contribution is -1.99. The van der Waals surface area contributed by atoms with Gasteiger partial charge < -0.3 is 13.9 Å². The molecule has 2 aromatic rings. The van der Waals surface area contributed by atoms with E-state index in [0.29, 0.717) is 21.6 Å². The number of carbonyl (C=O) groups is 1. The molecular formula is C11H9BrO4. The highest BCUT2D eigenvalue weighted by Gasteiger charge is 2.10. The molecule has 0 atom stereocenters. The summed E-state index contributed by atoms with van der Waals surface area (Å²) in [5, 5.41) is 0.800. The van der Waals surface area contributed by atoms with E-state index in [-0.39, 0.29) is 6.79 Å². The third kappa shape index (κ3) is 2.10. The number of rotatable bonds is 4. The fourth-order valence-electron chi connectivity index (χ4n) is 1.41. The summed E-state index contributed by atoms with van der Waals surface area (Å²) in [6, 6.07) is 5.10. The van der Waals surface area contributed by atoms with Crippen molar-refractivity contribution in [1.82, 2.24) is 0 Å². The van der Waals surface area contributed by atoms with Gasteiger partial charge in [-0.3, -0.25) is 4.79 Å². The number of hydrogen-bond donors (Lipinski definition) is 0. The van der Waals surface area contributed by atoms with Crippen molar-refractivity contribution in [3.8, 4) is 5.75 Å². The minimum absolute atomic E-state index is 0.125. The molecule has 1 aromatic carbocycles. The highest BCUT2D eigenvalue weighted by molar-refractivity contribution is 9.10. The van der Waals surface area contributed by atoms with Gasteiger partial charge in [-0.1, -0.05) is 0 Å². The van der Waals surface area contributed by atoms with Crippen LogP contribution in [0.15, 0.2) is 27.3 Å². The first-order valence-electron chi connectivity index (χ1n) is 4.54. The van der Waals surface area contributed by atoms with E-state index in [2.05, 4.69) is 15.9 Å². The first-order valence-corrected chi connectivity index (χ1v) is 5.34. The van der Waals surface area contributed by atoms with Crippen LogP contribution in [0.2, 0.25) is 0 Å². The van der Waals surface area contributed by atoms with Gasteiger partial charge in [-0.15, -0.1) is 0 Å². The topological polar surface area (TPSA) is 48.7 Å². The Morgan fingerprint density at radius 3 is 2.94 bits per heavy atom. The SMILES string of the molecule is COCOc1cc(C=O)cc2oc(Br)cc12. The number of aldehydes is 1. The molecule has 5 heteroatoms. The quantitative estimate of drug-likeness (QED) is 0.640. The van der Waals surface area contributed by atoms with Gasteiger partial charge in [0.25, 0.3) is 0 Å². The average Bonchev–Trinajstić information content (AvgIpc) is 2.65. The number of halogens is 1. The molecule has 84 valence electrons. The van der Waals surface area contributed by atoms with Gasteiger partial charge in [0.2, 0.25) is 0 Å². The van der Waals surface area contributed by atoms with Gasteiger partial charge in [0.1, 0.15) is 17.6 Å². The molecule has 4 nitrogen and oxygen atoms in total. The third-order valence-electron chi connectivity index (χ3n) is 2.06. The van der Waals surface area contributed by atoms with Gasteiger partial charge in [-0.2, -0.15) is 0 Å². The summed E-state index contributed by atoms with van der Waals surface area (Å²) in [4.78, 5) is 10.7. The van der Waals surface area contributed by atoms with Crippen molar-refractivity contribution < 1.29 is 18.7 Å². The highest BCUT2D eigenvalue weighted by atomic mass is 79.9. The van der Waals surface area contributed by atoms with E-state index in [9.17, 15) is 4.79 Å². The molecule has 0 aliphatic rings. The Hall–Kier alpha value is -1.33. The zero-order valence-corrected chi connectivity index (χ0v) is 10.1. The summed E-state index contributed by atoms with van der Waals surface area (Å²) in [5.41, 5.74) is 1.10. The van der Waals surface area contributed by atoms with E-state index in [1.807, 2.05) is 0 Å². The summed E-state index contributed by atoms with van der Waals surface area (Å²) in [7, 11) is 1.53. The smallest absolute Gasteiger partial charge is 0.188 e. The molecule has 0 fully saturated rings. The summed E-state index contributed by atoms with van der Waals surface area (Å²) >= 11 is 3.23. The largest absolute Gasteiger partial charge is 0.467 e. The molecule has 0 N–H and O–H groups in total. The number of fused-ring (bicyclic) bond motifs is 1. The summed E-state index contributed by atoms with van der Waals surface area (Å²) in [5.74, 6) is 0.566. The number of methoxy groups -OCH3 is 1. The first kappa shape index (κ1) is 11.2. The Balaban J connectivity index is 2.53. The lowest BCUT2D eigenvalue weighted by molar-refractivity contribution is 0.0521. The van der Waals surface area contributed by atoms with Crippen LogP contribution in [0, 0.1) is 0 Å². The molecule has 0 bridgehead atoms. The Morgan fingerprint density at radius 1 is 1.44 bits per heavy atom. The van der Waals surface area contributed by atoms with Gasteiger partial charge >= 0.3 is 0 Å². The monoisotopic (exact) mass is 284 g/mol. The van der Waals surface area contributed by atoms with Crippen molar-refractivity contribution in [2.24, 2.45) is 0 Å². The number of benzene rings is 1. The highest BCUT2D eigenvalue weighted by Crippen LogP contribution is 2.32. The van der Waals surface area contributed by atoms with Gasteiger partial charge in [0.05, 0.1) is 5.39 Å². The fourth-order valence-corrected chi connectivity index (χ4v) is 1.81. The maximum atomic E-state index is 10.7. The van der Waals surface area contributed by atoms with E-state index < -0.39 is 0 Å². The van der Waals surface area contributed by atoms with Crippen molar-refractivity contribution in [3.05, 3.63) is 28.4 Å². The molecule has 0 radical (unpaired) electrons. The lowest BCUT2D eigenvalue weighted by atomic mass is 10.1. The predicted molar refractivity (Wildman–Crippen MR) is 61.8 cm³/mol. The van der Waals surface area contributed by atoms with Gasteiger partial charge in [0, 0.05) is 18.7 Å². The van der Waals surface area contributed by atoms with Crippen molar-refractivity contribution >= 4 is 33.2 Å². The molecule has 0 saturated carbocycles. The Labute approximate surface area is 100 Å². The predicted octanol–water partition coefficient (Wildman–Crippen LogP) is 2.99. The zero-order chi connectivity index (χ0) is 11.5. The van der Waals surface area contributed by atoms with Crippen LogP contribution in [0.3, 0.4) is 0 Å². The molecule has 1 heterocycles. The third-order valence-corrected chi connectivity index (χ3v) is 2.45. The van der Waals surface area contributed by atoms with Crippen LogP contribution in [0.1, 0.15) is 10.4 Å². The molecule has 2 rings (SSSR count). The second kappa shape index (κ2) is 4.67. The molecule has 0 spiro atoms. The molecule has 0 unspecified atom stereocenters. The second-order valence-electron chi connectivity index (χ2n) is 3.15. The average molecular weight is 285 g/mol. The summed E-state index contributed by atoms with van der Waals surface area (Å²) in [6.07, 6.45) is 0.746. The molecule has 16 heavy (non-hydrogen) atoms. The number of furan rings is 1. The number of ether oxygens (including phenoxy) is 2. The second-order valence-corrected chi connectivity index (χ2v) is 3.93. The maximum Gasteiger partial charge on any atom is 0.188 e. The van der Waals surface area contributed by atoms with Crippen LogP contribution < -0.4 is 4.74 Å². The van der Waals surface area contributed by atoms with Gasteiger partial charge in [-0.25, -0.2) is 0 Å². The van der Waals surface area contributed by atoms with E-state index in [0.717, 1.165) is 11.7 Å². The lowest BCUT2D eigenvalue weighted by Gasteiger charge is -2.05. The van der Waals surface area contributed by atoms with Crippen molar-refractivity contribution in [1.29, 1.82) is 0 Å². The fraction of sp³-hybridized carbons (Fsp3) is 0.182. The summed E-state index contributed by atoms with van der Waals surface area (Å²) in [6.45, 7) is 0.125. The van der Waals surface area contributed by atoms with E-state index in [1.54, 1.807) is 18.2 Å². The van der Waals surface area contributed by atoms with E-state index >= 15 is 0 Å². The van der Waals surface area contributed by atoms with Crippen LogP contribution in [-0.2, 0) is 4.74 Å². The Morgan fingerprint density at radius 2 is 2.25 bits per heavy atom. The molecule has 0 saturated heterocycles. The molecule has 0 amide bonds. The van der Waals surface area contributed by atoms with Crippen LogP contribution in [0.4, 0.5) is 0 Å². The van der Waals surface area contributed by atoms with Crippen molar-refractivity contribution in [3.63, 3.8) is 0 Å². The van der Waals surface area contributed by atoms with Crippen LogP contribution >= 0.6 is 15.9 Å². The molecule has 1 aromatic heterocycles. The van der Waals surface area contributed by atoms with Crippen molar-refractivity contribution in [2.45, 2.75) is 0 Å². The summed E-state index contributed by atoms with van der Waals surface area (Å²) < 4.78 is 16.1. The minimum Gasteiger partial charge on any atom is -0.467 e. The normalized spacial score (nSPS) is 10.6. The molecule has 0 aliphatic heterocycles. The van der Waals surface area contributed by atoms with Crippen LogP contribution in [0.5, 0.6) is 5.75 Å². The Kier molecular flexibility index (Phi) is 3.26. The Bertz CT molecular complexity index is 518. The van der Waals surface area contributed by atoms with Crippen LogP contribution in [0.25, 0.3) is 11.0 Å². The molecule has 0 aliphatic carbocycles. The maximum absolute atomic E-state index is 10.7. The van der Waals surface area contributed by atoms with E-state index in [4.69, 9.17) is 13.9 Å². The number of carbonyl (C=O) groups excluding carboxylic acids is 1. The standard InChI is InChI=1S/C11H9BrO4/c1-14-6-15-9-2-7(5-13)3-10-8(9)4-11(12)16-10/h2-5H,6H2,1H3. The van der Waals surface area contributed by atoms with Crippen molar-refractivity contribution in [2.75, 3.05) is 13.9 Å². The molecular weight excluding hydrogens is 276 g/mol. The van der Waals surface area contributed by atoms with Crippen LogP contribution in [-0.4, -0.2) is 20.2 Å². The minimum atomic E-state index is 0.125. The van der Waals surface area contributed by atoms with Gasteiger partial charge in [-0.05, 0) is 28.1 Å². The first-order chi connectivity index (χ1) is 7.74. The van der Waals surface area contributed by atoms with Gasteiger partial charge in [0.15, 0.2) is 11.5 Å². The van der Waals surface area contributed by atoms with E-state index in [1.165, 1.54) is 7.11 Å².